The topological polar surface area (TPSA) is 9.23 Å². The van der Waals surface area contributed by atoms with E-state index in [4.69, 9.17) is 0 Å². The van der Waals surface area contributed by atoms with Crippen LogP contribution in [0.2, 0.25) is 0 Å². The lowest BCUT2D eigenvalue weighted by Gasteiger charge is -2.16. The van der Waals surface area contributed by atoms with E-state index in [0.717, 1.165) is 0 Å². The molecule has 0 saturated carbocycles. The second-order valence-corrected chi connectivity index (χ2v) is 2.31. The maximum Gasteiger partial charge on any atom is 0.471 e. The molecule has 14 heavy (non-hydrogen) atoms. The van der Waals surface area contributed by atoms with Gasteiger partial charge in [-0.1, -0.05) is 6.92 Å². The first kappa shape index (κ1) is 13.1. The molecule has 0 aliphatic carbocycles. The van der Waals surface area contributed by atoms with Gasteiger partial charge in [0.05, 0.1) is 0 Å². The third-order valence-corrected chi connectivity index (χ3v) is 1.16. The third-order valence-electron chi connectivity index (χ3n) is 1.16. The molecular weight excluding hydrogens is 214 g/mol. The molecule has 0 rings (SSSR count). The predicted molar refractivity (Wildman–Crippen MR) is 35.6 cm³/mol. The minimum Gasteiger partial charge on any atom is -0.427 e. The van der Waals surface area contributed by atoms with Crippen molar-refractivity contribution in [3.05, 3.63) is 18.3 Å². The Kier molecular flexibility index (Phi) is 4.79. The van der Waals surface area contributed by atoms with E-state index in [1.165, 1.54) is 6.92 Å². The van der Waals surface area contributed by atoms with Gasteiger partial charge in [-0.2, -0.15) is 26.3 Å². The number of rotatable bonds is 5. The van der Waals surface area contributed by atoms with Gasteiger partial charge in [-0.3, -0.25) is 0 Å². The van der Waals surface area contributed by atoms with E-state index in [1.54, 1.807) is 0 Å². The number of hydrogen-bond acceptors (Lipinski definition) is 1. The molecule has 0 aromatic rings. The van der Waals surface area contributed by atoms with Gasteiger partial charge in [0.25, 0.3) is 0 Å². The summed E-state index contributed by atoms with van der Waals surface area (Å²) in [6, 6.07) is 0. The molecule has 0 saturated heterocycles. The molecule has 0 amide bonds. The maximum absolute atomic E-state index is 12.1. The molecule has 0 aliphatic heterocycles. The van der Waals surface area contributed by atoms with Crippen molar-refractivity contribution in [1.82, 2.24) is 0 Å². The normalized spacial score (nSPS) is 11.7. The standard InChI is InChI=1S/C7H7F6O/c1-2-3-4(5(8)9)14-7(12,13)6(10)11/h2-3H2,1H3. The number of halogens is 6. The van der Waals surface area contributed by atoms with Gasteiger partial charge >= 0.3 is 18.6 Å². The zero-order chi connectivity index (χ0) is 11.4. The van der Waals surface area contributed by atoms with E-state index in [9.17, 15) is 26.3 Å². The van der Waals surface area contributed by atoms with Crippen LogP contribution in [0.4, 0.5) is 26.3 Å². The van der Waals surface area contributed by atoms with Crippen LogP contribution in [0.1, 0.15) is 19.8 Å². The Hall–Kier alpha value is -0.880. The highest BCUT2D eigenvalue weighted by Crippen LogP contribution is 2.34. The van der Waals surface area contributed by atoms with Gasteiger partial charge in [0.15, 0.2) is 5.76 Å². The zero-order valence-electron chi connectivity index (χ0n) is 7.09. The summed E-state index contributed by atoms with van der Waals surface area (Å²) in [5.41, 5.74) is 0. The van der Waals surface area contributed by atoms with Crippen LogP contribution in [-0.2, 0) is 4.74 Å². The van der Waals surface area contributed by atoms with Gasteiger partial charge in [0.2, 0.25) is 0 Å². The van der Waals surface area contributed by atoms with Crippen molar-refractivity contribution in [3.8, 4) is 0 Å². The molecule has 0 spiro atoms. The summed E-state index contributed by atoms with van der Waals surface area (Å²) in [6.45, 7) is 1.42. The monoisotopic (exact) mass is 221 g/mol. The van der Waals surface area contributed by atoms with Gasteiger partial charge in [-0.25, -0.2) is 0 Å². The minimum absolute atomic E-state index is 0.0800. The molecule has 0 aromatic carbocycles. The molecule has 0 heterocycles. The SMILES string of the molecule is CCCC(OC(F)(F)[C](F)F)=C(F)F. The number of ether oxygens (including phenoxy) is 1. The molecule has 0 aromatic heterocycles. The largest absolute Gasteiger partial charge is 0.471 e. The highest BCUT2D eigenvalue weighted by atomic mass is 19.3. The summed E-state index contributed by atoms with van der Waals surface area (Å²) < 4.78 is 74.0. The fourth-order valence-corrected chi connectivity index (χ4v) is 0.604. The van der Waals surface area contributed by atoms with Crippen LogP contribution in [0.3, 0.4) is 0 Å². The molecule has 1 radical (unpaired) electrons. The lowest BCUT2D eigenvalue weighted by atomic mass is 10.3. The van der Waals surface area contributed by atoms with E-state index in [0.29, 0.717) is 0 Å². The summed E-state index contributed by atoms with van der Waals surface area (Å²) in [6.07, 6.45) is -11.3. The molecule has 0 atom stereocenters. The van der Waals surface area contributed by atoms with Crippen molar-refractivity contribution < 1.29 is 31.1 Å². The molecule has 7 heteroatoms. The summed E-state index contributed by atoms with van der Waals surface area (Å²) in [4.78, 5) is 0. The highest BCUT2D eigenvalue weighted by molar-refractivity contribution is 4.95. The minimum atomic E-state index is -4.95. The molecule has 0 fully saturated rings. The average Bonchev–Trinajstić information content (AvgIpc) is 2.02. The number of alkyl halides is 2. The fourth-order valence-electron chi connectivity index (χ4n) is 0.604. The van der Waals surface area contributed by atoms with Gasteiger partial charge in [-0.15, -0.1) is 0 Å². The van der Waals surface area contributed by atoms with Crippen LogP contribution in [0, 0.1) is 6.43 Å². The summed E-state index contributed by atoms with van der Waals surface area (Å²) >= 11 is 0. The van der Waals surface area contributed by atoms with Gasteiger partial charge in [0, 0.05) is 6.42 Å². The van der Waals surface area contributed by atoms with Crippen LogP contribution in [-0.4, -0.2) is 6.11 Å². The van der Waals surface area contributed by atoms with Crippen LogP contribution in [0.5, 0.6) is 0 Å². The molecule has 0 unspecified atom stereocenters. The molecule has 83 valence electrons. The lowest BCUT2D eigenvalue weighted by Crippen LogP contribution is -2.24. The Labute approximate surface area is 76.3 Å². The average molecular weight is 221 g/mol. The summed E-state index contributed by atoms with van der Waals surface area (Å²) in [5, 5.41) is 0. The molecule has 0 N–H and O–H groups in total. The smallest absolute Gasteiger partial charge is 0.427 e. The van der Waals surface area contributed by atoms with Gasteiger partial charge in [-0.05, 0) is 6.42 Å². The van der Waals surface area contributed by atoms with E-state index in [2.05, 4.69) is 4.74 Å². The summed E-state index contributed by atoms with van der Waals surface area (Å²) in [5.74, 6) is -1.41. The van der Waals surface area contributed by atoms with Crippen LogP contribution < -0.4 is 0 Å². The van der Waals surface area contributed by atoms with E-state index in [-0.39, 0.29) is 6.42 Å². The second kappa shape index (κ2) is 5.11. The van der Waals surface area contributed by atoms with Crippen LogP contribution in [0.15, 0.2) is 11.8 Å². The third kappa shape index (κ3) is 3.89. The van der Waals surface area contributed by atoms with Gasteiger partial charge in [0.1, 0.15) is 0 Å². The molecular formula is C7H7F6O. The molecule has 0 aliphatic rings. The Bertz CT molecular complexity index is 208. The van der Waals surface area contributed by atoms with Crippen molar-refractivity contribution in [3.63, 3.8) is 0 Å². The maximum atomic E-state index is 12.1. The van der Waals surface area contributed by atoms with Crippen LogP contribution >= 0.6 is 0 Å². The van der Waals surface area contributed by atoms with Gasteiger partial charge < -0.3 is 4.74 Å². The predicted octanol–water partition coefficient (Wildman–Crippen LogP) is 3.93. The molecule has 1 nitrogen and oxygen atoms in total. The van der Waals surface area contributed by atoms with Crippen LogP contribution in [0.25, 0.3) is 0 Å². The fraction of sp³-hybridized carbons (Fsp3) is 0.571. The highest BCUT2D eigenvalue weighted by Gasteiger charge is 2.47. The van der Waals surface area contributed by atoms with Crippen molar-refractivity contribution in [2.75, 3.05) is 0 Å². The Balaban J connectivity index is 4.54. The first-order chi connectivity index (χ1) is 6.31. The van der Waals surface area contributed by atoms with Crippen molar-refractivity contribution in [1.29, 1.82) is 0 Å². The Morgan fingerprint density at radius 2 is 1.64 bits per heavy atom. The quantitative estimate of drug-likeness (QED) is 0.504. The Morgan fingerprint density at radius 1 is 1.14 bits per heavy atom. The Morgan fingerprint density at radius 3 is 1.93 bits per heavy atom. The van der Waals surface area contributed by atoms with E-state index < -0.39 is 30.8 Å². The number of hydrogen-bond donors (Lipinski definition) is 0. The van der Waals surface area contributed by atoms with Crippen molar-refractivity contribution in [2.24, 2.45) is 0 Å². The number of allylic oxidation sites excluding steroid dienone is 1. The first-order valence-corrected chi connectivity index (χ1v) is 3.60. The van der Waals surface area contributed by atoms with Crippen molar-refractivity contribution in [2.45, 2.75) is 25.9 Å². The van der Waals surface area contributed by atoms with E-state index in [1.807, 2.05) is 0 Å². The molecule has 0 bridgehead atoms. The second-order valence-electron chi connectivity index (χ2n) is 2.31. The zero-order valence-corrected chi connectivity index (χ0v) is 7.09. The first-order valence-electron chi connectivity index (χ1n) is 3.60. The van der Waals surface area contributed by atoms with Crippen molar-refractivity contribution >= 4 is 0 Å². The van der Waals surface area contributed by atoms with E-state index >= 15 is 0 Å². The summed E-state index contributed by atoms with van der Waals surface area (Å²) in [7, 11) is 0. The lowest BCUT2D eigenvalue weighted by molar-refractivity contribution is -0.241.